The van der Waals surface area contributed by atoms with Crippen molar-refractivity contribution in [2.45, 2.75) is 52.2 Å². The van der Waals surface area contributed by atoms with Gasteiger partial charge in [0.15, 0.2) is 0 Å². The van der Waals surface area contributed by atoms with Gasteiger partial charge in [0.25, 0.3) is 0 Å². The van der Waals surface area contributed by atoms with Gasteiger partial charge in [-0.2, -0.15) is 0 Å². The van der Waals surface area contributed by atoms with E-state index < -0.39 is 0 Å². The topological polar surface area (TPSA) is 21.3 Å². The average molecular weight is 267 g/mol. The largest absolute Gasteiger partial charge is 0.379 e. The molecule has 2 nitrogen and oxygen atoms in total. The van der Waals surface area contributed by atoms with E-state index in [1.165, 1.54) is 6.07 Å². The van der Waals surface area contributed by atoms with E-state index in [0.29, 0.717) is 0 Å². The molecule has 0 aromatic heterocycles. The number of nitrogens with one attached hydrogen (secondary N) is 1. The van der Waals surface area contributed by atoms with Gasteiger partial charge in [-0.25, -0.2) is 4.39 Å². The number of benzene rings is 1. The van der Waals surface area contributed by atoms with Crippen molar-refractivity contribution >= 4 is 0 Å². The minimum atomic E-state index is -0.185. The van der Waals surface area contributed by atoms with E-state index in [2.05, 4.69) is 19.2 Å². The van der Waals surface area contributed by atoms with Crippen molar-refractivity contribution < 1.29 is 9.13 Å². The van der Waals surface area contributed by atoms with E-state index in [-0.39, 0.29) is 18.0 Å². The maximum absolute atomic E-state index is 13.5. The summed E-state index contributed by atoms with van der Waals surface area (Å²) in [5, 5.41) is 3.50. The van der Waals surface area contributed by atoms with Crippen LogP contribution in [0.4, 0.5) is 4.39 Å². The van der Waals surface area contributed by atoms with Gasteiger partial charge in [-0.05, 0) is 49.6 Å². The van der Waals surface area contributed by atoms with Gasteiger partial charge in [-0.3, -0.25) is 0 Å². The lowest BCUT2D eigenvalue weighted by atomic mass is 9.94. The van der Waals surface area contributed by atoms with Gasteiger partial charge < -0.3 is 10.1 Å². The lowest BCUT2D eigenvalue weighted by Crippen LogP contribution is -2.34. The summed E-state index contributed by atoms with van der Waals surface area (Å²) in [6, 6.07) is 5.03. The molecule has 0 amide bonds. The molecule has 0 saturated carbocycles. The molecule has 0 radical (unpaired) electrons. The van der Waals surface area contributed by atoms with Gasteiger partial charge >= 0.3 is 0 Å². The van der Waals surface area contributed by atoms with Crippen molar-refractivity contribution in [3.63, 3.8) is 0 Å². The summed E-state index contributed by atoms with van der Waals surface area (Å²) in [4.78, 5) is 0. The quantitative estimate of drug-likeness (QED) is 0.769. The van der Waals surface area contributed by atoms with E-state index in [1.807, 2.05) is 13.0 Å². The molecular formula is C16H26FNO. The number of rotatable bonds is 8. The second kappa shape index (κ2) is 8.28. The van der Waals surface area contributed by atoms with E-state index in [0.717, 1.165) is 36.9 Å². The predicted octanol–water partition coefficient (Wildman–Crippen LogP) is 3.99. The highest BCUT2D eigenvalue weighted by Crippen LogP contribution is 2.26. The summed E-state index contributed by atoms with van der Waals surface area (Å²) in [7, 11) is 1.73. The number of ether oxygens (including phenoxy) is 1. The molecule has 0 aliphatic rings. The summed E-state index contributed by atoms with van der Waals surface area (Å²) in [6.07, 6.45) is 3.15. The van der Waals surface area contributed by atoms with Gasteiger partial charge in [0.1, 0.15) is 5.82 Å². The zero-order valence-corrected chi connectivity index (χ0v) is 12.5. The second-order valence-electron chi connectivity index (χ2n) is 5.00. The van der Waals surface area contributed by atoms with E-state index in [4.69, 9.17) is 4.74 Å². The van der Waals surface area contributed by atoms with E-state index in [9.17, 15) is 4.39 Å². The van der Waals surface area contributed by atoms with Gasteiger partial charge in [0, 0.05) is 7.11 Å². The van der Waals surface area contributed by atoms with Crippen molar-refractivity contribution in [1.29, 1.82) is 0 Å². The fourth-order valence-corrected chi connectivity index (χ4v) is 2.39. The SMILES string of the molecule is CCCNC(c1cc(F)ccc1C)C(CCC)OC. The van der Waals surface area contributed by atoms with Crippen LogP contribution in [0.15, 0.2) is 18.2 Å². The Morgan fingerprint density at radius 3 is 2.58 bits per heavy atom. The lowest BCUT2D eigenvalue weighted by molar-refractivity contribution is 0.0603. The van der Waals surface area contributed by atoms with Crippen molar-refractivity contribution in [2.75, 3.05) is 13.7 Å². The molecule has 1 aromatic rings. The molecule has 108 valence electrons. The van der Waals surface area contributed by atoms with Crippen LogP contribution in [0.2, 0.25) is 0 Å². The first-order chi connectivity index (χ1) is 9.13. The van der Waals surface area contributed by atoms with Crippen LogP contribution in [0.5, 0.6) is 0 Å². The first kappa shape index (κ1) is 16.1. The summed E-state index contributed by atoms with van der Waals surface area (Å²) in [6.45, 7) is 7.20. The molecule has 1 N–H and O–H groups in total. The molecule has 2 atom stereocenters. The molecule has 0 spiro atoms. The van der Waals surface area contributed by atoms with Crippen LogP contribution in [0.3, 0.4) is 0 Å². The minimum Gasteiger partial charge on any atom is -0.379 e. The second-order valence-corrected chi connectivity index (χ2v) is 5.00. The summed E-state index contributed by atoms with van der Waals surface area (Å²) >= 11 is 0. The first-order valence-electron chi connectivity index (χ1n) is 7.16. The Morgan fingerprint density at radius 1 is 1.26 bits per heavy atom. The third kappa shape index (κ3) is 4.59. The molecule has 0 bridgehead atoms. The highest BCUT2D eigenvalue weighted by atomic mass is 19.1. The van der Waals surface area contributed by atoms with Crippen molar-refractivity contribution in [3.05, 3.63) is 35.1 Å². The highest BCUT2D eigenvalue weighted by molar-refractivity contribution is 5.30. The molecule has 2 unspecified atom stereocenters. The number of hydrogen-bond acceptors (Lipinski definition) is 2. The minimum absolute atomic E-state index is 0.0561. The summed E-state index contributed by atoms with van der Waals surface area (Å²) in [5.41, 5.74) is 2.11. The van der Waals surface area contributed by atoms with Crippen LogP contribution in [0.25, 0.3) is 0 Å². The van der Waals surface area contributed by atoms with E-state index in [1.54, 1.807) is 13.2 Å². The number of aryl methyl sites for hydroxylation is 1. The Kier molecular flexibility index (Phi) is 7.03. The molecule has 0 heterocycles. The van der Waals surface area contributed by atoms with Crippen LogP contribution in [-0.4, -0.2) is 19.8 Å². The van der Waals surface area contributed by atoms with Crippen molar-refractivity contribution in [3.8, 4) is 0 Å². The fourth-order valence-electron chi connectivity index (χ4n) is 2.39. The maximum atomic E-state index is 13.5. The normalized spacial score (nSPS) is 14.4. The standard InChI is InChI=1S/C16H26FNO/c1-5-7-15(19-4)16(18-10-6-2)14-11-13(17)9-8-12(14)3/h8-9,11,15-16,18H,5-7,10H2,1-4H3. The van der Waals surface area contributed by atoms with Crippen LogP contribution >= 0.6 is 0 Å². The van der Waals surface area contributed by atoms with Gasteiger partial charge in [0.05, 0.1) is 12.1 Å². The molecule has 1 aromatic carbocycles. The molecule has 1 rings (SSSR count). The van der Waals surface area contributed by atoms with Gasteiger partial charge in [-0.1, -0.05) is 26.3 Å². The molecule has 0 aliphatic carbocycles. The third-order valence-electron chi connectivity index (χ3n) is 3.44. The Bertz CT molecular complexity index is 381. The van der Waals surface area contributed by atoms with Crippen LogP contribution in [0.1, 0.15) is 50.3 Å². The number of methoxy groups -OCH3 is 1. The Morgan fingerprint density at radius 2 is 2.00 bits per heavy atom. The molecule has 3 heteroatoms. The highest BCUT2D eigenvalue weighted by Gasteiger charge is 2.23. The fraction of sp³-hybridized carbons (Fsp3) is 0.625. The Labute approximate surface area is 116 Å². The molecule has 0 aliphatic heterocycles. The summed E-state index contributed by atoms with van der Waals surface area (Å²) < 4.78 is 19.1. The lowest BCUT2D eigenvalue weighted by Gasteiger charge is -2.28. The van der Waals surface area contributed by atoms with Crippen LogP contribution in [-0.2, 0) is 4.74 Å². The maximum Gasteiger partial charge on any atom is 0.123 e. The first-order valence-corrected chi connectivity index (χ1v) is 7.16. The van der Waals surface area contributed by atoms with Gasteiger partial charge in [-0.15, -0.1) is 0 Å². The molecule has 0 saturated heterocycles. The van der Waals surface area contributed by atoms with Crippen molar-refractivity contribution in [2.24, 2.45) is 0 Å². The number of hydrogen-bond donors (Lipinski definition) is 1. The zero-order valence-electron chi connectivity index (χ0n) is 12.5. The molecule has 0 fully saturated rings. The Hall–Kier alpha value is -0.930. The monoisotopic (exact) mass is 267 g/mol. The predicted molar refractivity (Wildman–Crippen MR) is 77.9 cm³/mol. The Balaban J connectivity index is 3.03. The van der Waals surface area contributed by atoms with Crippen LogP contribution < -0.4 is 5.32 Å². The van der Waals surface area contributed by atoms with E-state index >= 15 is 0 Å². The van der Waals surface area contributed by atoms with Gasteiger partial charge in [0.2, 0.25) is 0 Å². The molecular weight excluding hydrogens is 241 g/mol. The molecule has 19 heavy (non-hydrogen) atoms. The van der Waals surface area contributed by atoms with Crippen molar-refractivity contribution in [1.82, 2.24) is 5.32 Å². The summed E-state index contributed by atoms with van der Waals surface area (Å²) in [5.74, 6) is -0.185. The third-order valence-corrected chi connectivity index (χ3v) is 3.44. The van der Waals surface area contributed by atoms with Crippen LogP contribution in [0, 0.1) is 12.7 Å². The smallest absolute Gasteiger partial charge is 0.123 e. The average Bonchev–Trinajstić information content (AvgIpc) is 2.41. The number of halogens is 1. The zero-order chi connectivity index (χ0) is 14.3.